The van der Waals surface area contributed by atoms with E-state index in [2.05, 4.69) is 10.6 Å². The van der Waals surface area contributed by atoms with Crippen molar-refractivity contribution in [1.82, 2.24) is 10.6 Å². The fourth-order valence-electron chi connectivity index (χ4n) is 1.34. The topological polar surface area (TPSA) is 87.7 Å². The number of rotatable bonds is 9. The molecular weight excluding hydrogens is 236 g/mol. The van der Waals surface area contributed by atoms with E-state index in [1.165, 1.54) is 0 Å². The molecule has 1 unspecified atom stereocenters. The molecular formula is C12H24N2O4. The third-order valence-electron chi connectivity index (χ3n) is 2.17. The quantitative estimate of drug-likeness (QED) is 0.546. The van der Waals surface area contributed by atoms with E-state index in [0.717, 1.165) is 12.8 Å². The lowest BCUT2D eigenvalue weighted by atomic mass is 10.2. The summed E-state index contributed by atoms with van der Waals surface area (Å²) in [5.41, 5.74) is 0. The van der Waals surface area contributed by atoms with Crippen molar-refractivity contribution in [2.75, 3.05) is 13.2 Å². The van der Waals surface area contributed by atoms with Crippen molar-refractivity contribution in [3.63, 3.8) is 0 Å². The number of ether oxygens (including phenoxy) is 1. The largest absolute Gasteiger partial charge is 0.481 e. The first-order chi connectivity index (χ1) is 8.41. The highest BCUT2D eigenvalue weighted by Crippen LogP contribution is 1.94. The summed E-state index contributed by atoms with van der Waals surface area (Å²) >= 11 is 0. The highest BCUT2D eigenvalue weighted by atomic mass is 16.5. The van der Waals surface area contributed by atoms with Crippen molar-refractivity contribution in [3.05, 3.63) is 0 Å². The van der Waals surface area contributed by atoms with Gasteiger partial charge in [-0.25, -0.2) is 4.79 Å². The van der Waals surface area contributed by atoms with Gasteiger partial charge in [0.05, 0.1) is 12.5 Å². The second-order valence-electron chi connectivity index (χ2n) is 4.53. The van der Waals surface area contributed by atoms with Gasteiger partial charge in [0.2, 0.25) is 0 Å². The molecule has 0 aromatic carbocycles. The highest BCUT2D eigenvalue weighted by molar-refractivity contribution is 5.75. The first-order valence-corrected chi connectivity index (χ1v) is 6.29. The molecule has 0 aliphatic carbocycles. The van der Waals surface area contributed by atoms with Gasteiger partial charge < -0.3 is 20.5 Å². The van der Waals surface area contributed by atoms with Crippen LogP contribution in [0.25, 0.3) is 0 Å². The Kier molecular flexibility index (Phi) is 9.00. The number of carboxylic acid groups (broad SMARTS) is 1. The van der Waals surface area contributed by atoms with Gasteiger partial charge in [-0.2, -0.15) is 0 Å². The van der Waals surface area contributed by atoms with Crippen LogP contribution in [-0.2, 0) is 9.53 Å². The Morgan fingerprint density at radius 1 is 1.22 bits per heavy atom. The molecule has 1 atom stereocenters. The van der Waals surface area contributed by atoms with Gasteiger partial charge in [0.25, 0.3) is 0 Å². The molecule has 0 aliphatic heterocycles. The maximum Gasteiger partial charge on any atom is 0.315 e. The number of carbonyl (C=O) groups excluding carboxylic acids is 1. The second-order valence-corrected chi connectivity index (χ2v) is 4.53. The van der Waals surface area contributed by atoms with Crippen molar-refractivity contribution >= 4 is 12.0 Å². The van der Waals surface area contributed by atoms with Gasteiger partial charge in [-0.05, 0) is 33.6 Å². The maximum absolute atomic E-state index is 11.3. The lowest BCUT2D eigenvalue weighted by Crippen LogP contribution is -2.41. The number of carboxylic acids is 1. The number of amides is 2. The van der Waals surface area contributed by atoms with E-state index in [9.17, 15) is 9.59 Å². The van der Waals surface area contributed by atoms with Crippen LogP contribution in [-0.4, -0.2) is 42.4 Å². The van der Waals surface area contributed by atoms with Gasteiger partial charge in [-0.1, -0.05) is 0 Å². The predicted molar refractivity (Wildman–Crippen MR) is 68.6 cm³/mol. The molecule has 106 valence electrons. The fourth-order valence-corrected chi connectivity index (χ4v) is 1.34. The molecule has 0 saturated heterocycles. The van der Waals surface area contributed by atoms with Crippen LogP contribution >= 0.6 is 0 Å². The monoisotopic (exact) mass is 260 g/mol. The van der Waals surface area contributed by atoms with Gasteiger partial charge in [0.1, 0.15) is 0 Å². The zero-order valence-corrected chi connectivity index (χ0v) is 11.4. The van der Waals surface area contributed by atoms with Gasteiger partial charge in [0, 0.05) is 19.2 Å². The van der Waals surface area contributed by atoms with Crippen LogP contribution in [0.15, 0.2) is 0 Å². The molecule has 0 aliphatic rings. The predicted octanol–water partition coefficient (Wildman–Crippen LogP) is 1.35. The second kappa shape index (κ2) is 9.70. The fraction of sp³-hybridized carbons (Fsp3) is 0.833. The zero-order chi connectivity index (χ0) is 14.0. The van der Waals surface area contributed by atoms with Crippen LogP contribution in [0, 0.1) is 0 Å². The number of hydrogen-bond donors (Lipinski definition) is 3. The van der Waals surface area contributed by atoms with Gasteiger partial charge in [0.15, 0.2) is 0 Å². The molecule has 0 aromatic rings. The minimum absolute atomic E-state index is 0.0738. The maximum atomic E-state index is 11.3. The summed E-state index contributed by atoms with van der Waals surface area (Å²) in [6.07, 6.45) is 1.89. The van der Waals surface area contributed by atoms with Gasteiger partial charge in [-0.15, -0.1) is 0 Å². The number of carbonyl (C=O) groups is 2. The minimum atomic E-state index is -0.923. The van der Waals surface area contributed by atoms with Crippen LogP contribution in [0.3, 0.4) is 0 Å². The van der Waals surface area contributed by atoms with Crippen LogP contribution in [0.2, 0.25) is 0 Å². The molecule has 0 bridgehead atoms. The lowest BCUT2D eigenvalue weighted by molar-refractivity contribution is -0.137. The van der Waals surface area contributed by atoms with E-state index in [1.807, 2.05) is 13.8 Å². The summed E-state index contributed by atoms with van der Waals surface area (Å²) in [4.78, 5) is 21.7. The minimum Gasteiger partial charge on any atom is -0.481 e. The van der Waals surface area contributed by atoms with E-state index >= 15 is 0 Å². The summed E-state index contributed by atoms with van der Waals surface area (Å²) < 4.78 is 5.36. The Morgan fingerprint density at radius 2 is 1.89 bits per heavy atom. The van der Waals surface area contributed by atoms with E-state index in [-0.39, 0.29) is 24.6 Å². The number of nitrogens with one attached hydrogen (secondary N) is 2. The van der Waals surface area contributed by atoms with Crippen LogP contribution in [0.1, 0.15) is 40.0 Å². The summed E-state index contributed by atoms with van der Waals surface area (Å²) in [6, 6.07) is -0.694. The Balaban J connectivity index is 3.45. The molecule has 0 heterocycles. The smallest absolute Gasteiger partial charge is 0.315 e. The van der Waals surface area contributed by atoms with Crippen molar-refractivity contribution in [2.45, 2.75) is 52.2 Å². The van der Waals surface area contributed by atoms with Crippen molar-refractivity contribution in [1.29, 1.82) is 0 Å². The van der Waals surface area contributed by atoms with E-state index in [1.54, 1.807) is 6.92 Å². The third-order valence-corrected chi connectivity index (χ3v) is 2.17. The molecule has 2 amide bonds. The number of hydrogen-bond acceptors (Lipinski definition) is 3. The van der Waals surface area contributed by atoms with E-state index in [4.69, 9.17) is 9.84 Å². The molecule has 0 spiro atoms. The van der Waals surface area contributed by atoms with Crippen LogP contribution in [0.4, 0.5) is 4.79 Å². The average molecular weight is 260 g/mol. The van der Waals surface area contributed by atoms with Crippen molar-refractivity contribution in [3.8, 4) is 0 Å². The zero-order valence-electron chi connectivity index (χ0n) is 11.4. The standard InChI is InChI=1S/C12H24N2O4/c1-9(2)18-7-5-4-6-13-12(17)14-10(3)8-11(15)16/h9-10H,4-8H2,1-3H3,(H,15,16)(H2,13,14,17). The Bertz CT molecular complexity index is 256. The molecule has 0 fully saturated rings. The molecule has 0 rings (SSSR count). The van der Waals surface area contributed by atoms with Crippen molar-refractivity contribution < 1.29 is 19.4 Å². The van der Waals surface area contributed by atoms with Crippen LogP contribution in [0.5, 0.6) is 0 Å². The molecule has 18 heavy (non-hydrogen) atoms. The molecule has 0 radical (unpaired) electrons. The number of aliphatic carboxylic acids is 1. The Labute approximate surface area is 108 Å². The number of unbranched alkanes of at least 4 members (excludes halogenated alkanes) is 1. The van der Waals surface area contributed by atoms with Crippen molar-refractivity contribution in [2.24, 2.45) is 0 Å². The summed E-state index contributed by atoms with van der Waals surface area (Å²) in [6.45, 7) is 6.87. The molecule has 3 N–H and O–H groups in total. The summed E-state index contributed by atoms with van der Waals surface area (Å²) in [7, 11) is 0. The Morgan fingerprint density at radius 3 is 2.44 bits per heavy atom. The SMILES string of the molecule is CC(CC(=O)O)NC(=O)NCCCCOC(C)C. The lowest BCUT2D eigenvalue weighted by Gasteiger charge is -2.12. The van der Waals surface area contributed by atoms with E-state index < -0.39 is 5.97 Å². The highest BCUT2D eigenvalue weighted by Gasteiger charge is 2.09. The first kappa shape index (κ1) is 16.7. The normalized spacial score (nSPS) is 12.2. The summed E-state index contributed by atoms with van der Waals surface area (Å²) in [5.74, 6) is -0.923. The van der Waals surface area contributed by atoms with Gasteiger partial charge >= 0.3 is 12.0 Å². The van der Waals surface area contributed by atoms with Crippen LogP contribution < -0.4 is 10.6 Å². The Hall–Kier alpha value is -1.30. The van der Waals surface area contributed by atoms with Gasteiger partial charge in [-0.3, -0.25) is 4.79 Å². The third kappa shape index (κ3) is 11.2. The molecule has 6 nitrogen and oxygen atoms in total. The van der Waals surface area contributed by atoms with E-state index in [0.29, 0.717) is 13.2 Å². The number of urea groups is 1. The molecule has 0 saturated carbocycles. The molecule has 6 heteroatoms. The molecule has 0 aromatic heterocycles. The first-order valence-electron chi connectivity index (χ1n) is 6.29. The summed E-state index contributed by atoms with van der Waals surface area (Å²) in [5, 5.41) is 13.8. The average Bonchev–Trinajstić information content (AvgIpc) is 2.21.